The predicted molar refractivity (Wildman–Crippen MR) is 94.2 cm³/mol. The highest BCUT2D eigenvalue weighted by molar-refractivity contribution is 5.97. The molecule has 0 radical (unpaired) electrons. The van der Waals surface area contributed by atoms with Crippen LogP contribution in [0, 0.1) is 0 Å². The smallest absolute Gasteiger partial charge is 0.251 e. The van der Waals surface area contributed by atoms with E-state index in [1.165, 1.54) is 0 Å². The quantitative estimate of drug-likeness (QED) is 0.603. The van der Waals surface area contributed by atoms with Crippen molar-refractivity contribution in [2.24, 2.45) is 0 Å². The maximum Gasteiger partial charge on any atom is 0.251 e. The van der Waals surface area contributed by atoms with Gasteiger partial charge in [0.1, 0.15) is 0 Å². The zero-order chi connectivity index (χ0) is 17.2. The van der Waals surface area contributed by atoms with Gasteiger partial charge in [-0.1, -0.05) is 19.4 Å². The van der Waals surface area contributed by atoms with Crippen LogP contribution in [0.5, 0.6) is 0 Å². The first-order valence-corrected chi connectivity index (χ1v) is 8.69. The lowest BCUT2D eigenvalue weighted by molar-refractivity contribution is -0.115. The molecule has 24 heavy (non-hydrogen) atoms. The van der Waals surface area contributed by atoms with Crippen molar-refractivity contribution in [3.05, 3.63) is 29.8 Å². The number of anilines is 1. The van der Waals surface area contributed by atoms with Gasteiger partial charge in [-0.05, 0) is 37.5 Å². The zero-order valence-corrected chi connectivity index (χ0v) is 14.3. The normalized spacial score (nSPS) is 16.8. The molecule has 1 saturated heterocycles. The molecule has 1 unspecified atom stereocenters. The first kappa shape index (κ1) is 18.4. The number of nitrogens with one attached hydrogen (secondary N) is 3. The lowest BCUT2D eigenvalue weighted by atomic mass is 10.2. The van der Waals surface area contributed by atoms with E-state index in [0.29, 0.717) is 24.3 Å². The first-order valence-electron chi connectivity index (χ1n) is 8.69. The minimum Gasteiger partial charge on any atom is -0.377 e. The highest BCUT2D eigenvalue weighted by Gasteiger charge is 2.15. The molecule has 1 aromatic carbocycles. The Kier molecular flexibility index (Phi) is 7.71. The van der Waals surface area contributed by atoms with Crippen molar-refractivity contribution in [1.82, 2.24) is 10.6 Å². The molecule has 1 aromatic rings. The molecule has 1 fully saturated rings. The number of rotatable bonds is 9. The number of hydrogen-bond donors (Lipinski definition) is 3. The first-order chi connectivity index (χ1) is 11.7. The van der Waals surface area contributed by atoms with E-state index in [4.69, 9.17) is 4.74 Å². The van der Waals surface area contributed by atoms with Gasteiger partial charge in [0.25, 0.3) is 5.91 Å². The van der Waals surface area contributed by atoms with Crippen molar-refractivity contribution in [2.45, 2.75) is 38.7 Å². The van der Waals surface area contributed by atoms with E-state index in [9.17, 15) is 9.59 Å². The van der Waals surface area contributed by atoms with Crippen molar-refractivity contribution in [1.29, 1.82) is 0 Å². The van der Waals surface area contributed by atoms with Crippen molar-refractivity contribution in [3.63, 3.8) is 0 Å². The molecule has 1 aliphatic rings. The van der Waals surface area contributed by atoms with E-state index in [1.807, 2.05) is 0 Å². The van der Waals surface area contributed by atoms with Gasteiger partial charge in [-0.15, -0.1) is 0 Å². The van der Waals surface area contributed by atoms with Crippen LogP contribution in [0.4, 0.5) is 5.69 Å². The molecule has 1 atom stereocenters. The van der Waals surface area contributed by atoms with Gasteiger partial charge in [-0.25, -0.2) is 0 Å². The molecule has 0 aliphatic carbocycles. The third-order valence-electron chi connectivity index (χ3n) is 3.91. The summed E-state index contributed by atoms with van der Waals surface area (Å²) >= 11 is 0. The van der Waals surface area contributed by atoms with Gasteiger partial charge in [0, 0.05) is 30.9 Å². The lowest BCUT2D eigenvalue weighted by Crippen LogP contribution is -2.33. The van der Waals surface area contributed by atoms with Crippen molar-refractivity contribution in [2.75, 3.05) is 31.6 Å². The van der Waals surface area contributed by atoms with E-state index >= 15 is 0 Å². The number of amides is 2. The third kappa shape index (κ3) is 6.29. The predicted octanol–water partition coefficient (Wildman–Crippen LogP) is 1.92. The van der Waals surface area contributed by atoms with Gasteiger partial charge in [0.05, 0.1) is 12.6 Å². The second-order valence-electron chi connectivity index (χ2n) is 6.00. The van der Waals surface area contributed by atoms with Crippen molar-refractivity contribution >= 4 is 17.5 Å². The molecule has 0 saturated carbocycles. The van der Waals surface area contributed by atoms with Crippen LogP contribution in [-0.2, 0) is 9.53 Å². The van der Waals surface area contributed by atoms with Gasteiger partial charge in [-0.2, -0.15) is 0 Å². The molecule has 3 N–H and O–H groups in total. The Balaban J connectivity index is 1.75. The molecule has 6 heteroatoms. The second kappa shape index (κ2) is 10.1. The molecule has 2 rings (SSSR count). The van der Waals surface area contributed by atoms with Crippen molar-refractivity contribution in [3.8, 4) is 0 Å². The number of ether oxygens (including phenoxy) is 1. The standard InChI is InChI=1S/C18H27N3O3/c1-2-3-9-20-18(23)14-6-4-7-15(11-14)21-17(22)13-19-12-16-8-5-10-24-16/h4,6-7,11,16,19H,2-3,5,8-10,12-13H2,1H3,(H,20,23)(H,21,22). The van der Waals surface area contributed by atoms with E-state index in [0.717, 1.165) is 32.3 Å². The van der Waals surface area contributed by atoms with E-state index in [-0.39, 0.29) is 24.5 Å². The summed E-state index contributed by atoms with van der Waals surface area (Å²) in [6.07, 6.45) is 4.34. The summed E-state index contributed by atoms with van der Waals surface area (Å²) in [6.45, 7) is 4.47. The van der Waals surface area contributed by atoms with Crippen LogP contribution in [0.3, 0.4) is 0 Å². The van der Waals surface area contributed by atoms with Crippen LogP contribution >= 0.6 is 0 Å². The Morgan fingerprint density at radius 3 is 2.96 bits per heavy atom. The summed E-state index contributed by atoms with van der Waals surface area (Å²) in [6, 6.07) is 6.98. The van der Waals surface area contributed by atoms with Crippen LogP contribution in [0.15, 0.2) is 24.3 Å². The fourth-order valence-corrected chi connectivity index (χ4v) is 2.58. The summed E-state index contributed by atoms with van der Waals surface area (Å²) in [5.41, 5.74) is 1.18. The van der Waals surface area contributed by atoms with Crippen LogP contribution in [-0.4, -0.2) is 44.2 Å². The summed E-state index contributed by atoms with van der Waals surface area (Å²) in [7, 11) is 0. The Hall–Kier alpha value is -1.92. The number of carbonyl (C=O) groups is 2. The zero-order valence-electron chi connectivity index (χ0n) is 14.3. The fourth-order valence-electron chi connectivity index (χ4n) is 2.58. The summed E-state index contributed by atoms with van der Waals surface area (Å²) in [4.78, 5) is 24.0. The van der Waals surface area contributed by atoms with Crippen LogP contribution in [0.2, 0.25) is 0 Å². The van der Waals surface area contributed by atoms with E-state index in [1.54, 1.807) is 24.3 Å². The number of benzene rings is 1. The molecule has 1 aliphatic heterocycles. The second-order valence-corrected chi connectivity index (χ2v) is 6.00. The Morgan fingerprint density at radius 2 is 2.21 bits per heavy atom. The maximum absolute atomic E-state index is 12.0. The van der Waals surface area contributed by atoms with Crippen LogP contribution in [0.1, 0.15) is 43.0 Å². The topological polar surface area (TPSA) is 79.5 Å². The molecule has 1 heterocycles. The molecule has 6 nitrogen and oxygen atoms in total. The van der Waals surface area contributed by atoms with E-state index < -0.39 is 0 Å². The van der Waals surface area contributed by atoms with Crippen molar-refractivity contribution < 1.29 is 14.3 Å². The highest BCUT2D eigenvalue weighted by Crippen LogP contribution is 2.11. The SMILES string of the molecule is CCCCNC(=O)c1cccc(NC(=O)CNCC2CCCO2)c1. The average Bonchev–Trinajstić information content (AvgIpc) is 3.08. The minimum atomic E-state index is -0.128. The van der Waals surface area contributed by atoms with Gasteiger partial charge in [-0.3, -0.25) is 9.59 Å². The Morgan fingerprint density at radius 1 is 1.33 bits per heavy atom. The molecule has 132 valence electrons. The maximum atomic E-state index is 12.0. The number of hydrogen-bond acceptors (Lipinski definition) is 4. The Labute approximate surface area is 143 Å². The number of unbranched alkanes of at least 4 members (excludes halogenated alkanes) is 1. The fraction of sp³-hybridized carbons (Fsp3) is 0.556. The van der Waals surface area contributed by atoms with Gasteiger partial charge >= 0.3 is 0 Å². The third-order valence-corrected chi connectivity index (χ3v) is 3.91. The lowest BCUT2D eigenvalue weighted by Gasteiger charge is -2.11. The van der Waals surface area contributed by atoms with Gasteiger partial charge < -0.3 is 20.7 Å². The molecule has 0 aromatic heterocycles. The van der Waals surface area contributed by atoms with Gasteiger partial charge in [0.2, 0.25) is 5.91 Å². The molecule has 0 bridgehead atoms. The molecule has 0 spiro atoms. The van der Waals surface area contributed by atoms with E-state index in [2.05, 4.69) is 22.9 Å². The molecule has 2 amide bonds. The Bertz CT molecular complexity index is 542. The summed E-state index contributed by atoms with van der Waals surface area (Å²) in [5.74, 6) is -0.243. The monoisotopic (exact) mass is 333 g/mol. The summed E-state index contributed by atoms with van der Waals surface area (Å²) < 4.78 is 5.50. The largest absolute Gasteiger partial charge is 0.377 e. The average molecular weight is 333 g/mol. The minimum absolute atomic E-state index is 0.115. The number of carbonyl (C=O) groups excluding carboxylic acids is 2. The highest BCUT2D eigenvalue weighted by atomic mass is 16.5. The van der Waals surface area contributed by atoms with Gasteiger partial charge in [0.15, 0.2) is 0 Å². The summed E-state index contributed by atoms with van der Waals surface area (Å²) in [5, 5.41) is 8.78. The van der Waals surface area contributed by atoms with Crippen LogP contribution in [0.25, 0.3) is 0 Å². The molecular formula is C18H27N3O3. The molecular weight excluding hydrogens is 306 g/mol. The van der Waals surface area contributed by atoms with Crippen LogP contribution < -0.4 is 16.0 Å².